The molecule has 0 aliphatic heterocycles. The minimum atomic E-state index is -0.674. The van der Waals surface area contributed by atoms with Crippen LogP contribution in [0.4, 0.5) is 0 Å². The maximum atomic E-state index is 12.4. The fourth-order valence-electron chi connectivity index (χ4n) is 2.14. The van der Waals surface area contributed by atoms with Crippen molar-refractivity contribution < 1.29 is 18.7 Å². The molecule has 0 spiro atoms. The van der Waals surface area contributed by atoms with E-state index < -0.39 is 5.76 Å². The Morgan fingerprint density at radius 3 is 2.71 bits per heavy atom. The van der Waals surface area contributed by atoms with Gasteiger partial charge in [0.1, 0.15) is 6.54 Å². The molecule has 2 heterocycles. The van der Waals surface area contributed by atoms with Gasteiger partial charge in [-0.05, 0) is 29.6 Å². The molecule has 1 aromatic carbocycles. The number of hydrogen-bond acceptors (Lipinski definition) is 7. The van der Waals surface area contributed by atoms with Gasteiger partial charge in [0.05, 0.1) is 19.1 Å². The lowest BCUT2D eigenvalue weighted by Crippen LogP contribution is -2.21. The number of hydrogen-bond donors (Lipinski definition) is 0. The van der Waals surface area contributed by atoms with Crippen LogP contribution in [0.25, 0.3) is 10.8 Å². The maximum Gasteiger partial charge on any atom is 0.437 e. The quantitative estimate of drug-likeness (QED) is 0.638. The number of ketones is 1. The van der Waals surface area contributed by atoms with E-state index in [-0.39, 0.29) is 18.2 Å². The third-order valence-electron chi connectivity index (χ3n) is 3.34. The highest BCUT2D eigenvalue weighted by Crippen LogP contribution is 2.28. The minimum absolute atomic E-state index is 0.204. The summed E-state index contributed by atoms with van der Waals surface area (Å²) in [5.74, 6) is 0.203. The molecule has 124 valence electrons. The number of thiophene rings is 1. The van der Waals surface area contributed by atoms with Gasteiger partial charge in [0.2, 0.25) is 0 Å². The van der Waals surface area contributed by atoms with Crippen LogP contribution in [-0.2, 0) is 6.54 Å². The molecule has 0 N–H and O–H groups in total. The highest BCUT2D eigenvalue weighted by atomic mass is 32.1. The van der Waals surface area contributed by atoms with Gasteiger partial charge in [-0.1, -0.05) is 6.07 Å². The number of benzene rings is 1. The molecule has 0 unspecified atom stereocenters. The Morgan fingerprint density at radius 1 is 1.25 bits per heavy atom. The van der Waals surface area contributed by atoms with Crippen molar-refractivity contribution in [3.05, 3.63) is 51.8 Å². The average Bonchev–Trinajstić information content (AvgIpc) is 3.24. The van der Waals surface area contributed by atoms with Crippen LogP contribution in [0.1, 0.15) is 10.4 Å². The topological polar surface area (TPSA) is 83.6 Å². The van der Waals surface area contributed by atoms with Crippen molar-refractivity contribution in [2.24, 2.45) is 0 Å². The Labute approximate surface area is 141 Å². The zero-order valence-electron chi connectivity index (χ0n) is 13.0. The molecule has 0 saturated heterocycles. The summed E-state index contributed by atoms with van der Waals surface area (Å²) in [6.45, 7) is -0.219. The van der Waals surface area contributed by atoms with E-state index in [0.29, 0.717) is 17.1 Å². The smallest absolute Gasteiger partial charge is 0.437 e. The molecular formula is C16H14N2O5S. The molecule has 3 rings (SSSR count). The molecule has 0 fully saturated rings. The van der Waals surface area contributed by atoms with Gasteiger partial charge in [-0.15, -0.1) is 16.4 Å². The van der Waals surface area contributed by atoms with E-state index in [0.717, 1.165) is 9.56 Å². The third-order valence-corrected chi connectivity index (χ3v) is 4.19. The van der Waals surface area contributed by atoms with E-state index in [1.165, 1.54) is 25.6 Å². The number of ether oxygens (including phenoxy) is 2. The van der Waals surface area contributed by atoms with Crippen LogP contribution in [0.3, 0.4) is 0 Å². The van der Waals surface area contributed by atoms with Crippen molar-refractivity contribution in [1.29, 1.82) is 0 Å². The molecule has 0 aliphatic carbocycles. The van der Waals surface area contributed by atoms with Crippen LogP contribution in [0, 0.1) is 0 Å². The molecule has 0 amide bonds. The van der Waals surface area contributed by atoms with Crippen molar-refractivity contribution in [3.63, 3.8) is 0 Å². The summed E-state index contributed by atoms with van der Waals surface area (Å²) >= 11 is 1.40. The summed E-state index contributed by atoms with van der Waals surface area (Å²) < 4.78 is 16.4. The van der Waals surface area contributed by atoms with Crippen LogP contribution in [0.2, 0.25) is 0 Å². The van der Waals surface area contributed by atoms with E-state index in [4.69, 9.17) is 13.9 Å². The summed E-state index contributed by atoms with van der Waals surface area (Å²) in [7, 11) is 3.00. The Bertz CT molecular complexity index is 911. The first kappa shape index (κ1) is 16.0. The van der Waals surface area contributed by atoms with Crippen LogP contribution >= 0.6 is 11.3 Å². The number of carbonyl (C=O) groups is 1. The normalized spacial score (nSPS) is 10.6. The van der Waals surface area contributed by atoms with Crippen LogP contribution < -0.4 is 15.2 Å². The van der Waals surface area contributed by atoms with Crippen LogP contribution in [0.15, 0.2) is 44.9 Å². The molecule has 0 atom stereocenters. The van der Waals surface area contributed by atoms with E-state index in [1.54, 1.807) is 24.3 Å². The van der Waals surface area contributed by atoms with Crippen molar-refractivity contribution >= 4 is 17.1 Å². The van der Waals surface area contributed by atoms with Crippen molar-refractivity contribution in [2.45, 2.75) is 6.54 Å². The Morgan fingerprint density at radius 2 is 2.04 bits per heavy atom. The van der Waals surface area contributed by atoms with Crippen molar-refractivity contribution in [3.8, 4) is 22.3 Å². The Balaban J connectivity index is 1.84. The first-order valence-corrected chi connectivity index (χ1v) is 7.87. The SMILES string of the molecule is COc1ccc(C(=O)Cn2nc(-c3cccs3)oc2=O)cc1OC. The molecule has 0 aliphatic rings. The lowest BCUT2D eigenvalue weighted by atomic mass is 10.1. The predicted molar refractivity (Wildman–Crippen MR) is 88.0 cm³/mol. The zero-order chi connectivity index (χ0) is 17.1. The number of aromatic nitrogens is 2. The standard InChI is InChI=1S/C16H14N2O5S/c1-21-12-6-5-10(8-13(12)22-2)11(19)9-18-16(20)23-15(17-18)14-4-3-7-24-14/h3-8H,9H2,1-2H3. The van der Waals surface area contributed by atoms with Gasteiger partial charge in [0, 0.05) is 5.56 Å². The molecule has 0 saturated carbocycles. The highest BCUT2D eigenvalue weighted by molar-refractivity contribution is 7.13. The van der Waals surface area contributed by atoms with Crippen molar-refractivity contribution in [2.75, 3.05) is 14.2 Å². The Hall–Kier alpha value is -2.87. The summed E-state index contributed by atoms with van der Waals surface area (Å²) in [5, 5.41) is 5.92. The molecular weight excluding hydrogens is 332 g/mol. The average molecular weight is 346 g/mol. The molecule has 24 heavy (non-hydrogen) atoms. The summed E-state index contributed by atoms with van der Waals surface area (Å²) in [6, 6.07) is 8.42. The zero-order valence-corrected chi connectivity index (χ0v) is 13.8. The molecule has 7 nitrogen and oxygen atoms in total. The maximum absolute atomic E-state index is 12.4. The largest absolute Gasteiger partial charge is 0.493 e. The minimum Gasteiger partial charge on any atom is -0.493 e. The van der Waals surface area contributed by atoms with Crippen LogP contribution in [0.5, 0.6) is 11.5 Å². The van der Waals surface area contributed by atoms with E-state index >= 15 is 0 Å². The highest BCUT2D eigenvalue weighted by Gasteiger charge is 2.16. The third kappa shape index (κ3) is 3.09. The Kier molecular flexibility index (Phi) is 4.48. The fourth-order valence-corrected chi connectivity index (χ4v) is 2.79. The van der Waals surface area contributed by atoms with Gasteiger partial charge in [-0.2, -0.15) is 4.68 Å². The van der Waals surface area contributed by atoms with E-state index in [2.05, 4.69) is 5.10 Å². The van der Waals surface area contributed by atoms with Gasteiger partial charge in [0.15, 0.2) is 17.3 Å². The summed E-state index contributed by atoms with van der Waals surface area (Å²) in [6.07, 6.45) is 0. The van der Waals surface area contributed by atoms with Crippen LogP contribution in [-0.4, -0.2) is 29.8 Å². The van der Waals surface area contributed by atoms with Gasteiger partial charge < -0.3 is 13.9 Å². The second kappa shape index (κ2) is 6.71. The van der Waals surface area contributed by atoms with E-state index in [1.807, 2.05) is 11.4 Å². The lowest BCUT2D eigenvalue weighted by Gasteiger charge is -2.08. The number of Topliss-reactive ketones (excluding diaryl/α,β-unsaturated/α-hetero) is 1. The number of methoxy groups -OCH3 is 2. The first-order chi connectivity index (χ1) is 11.6. The molecule has 3 aromatic rings. The van der Waals surface area contributed by atoms with E-state index in [9.17, 15) is 9.59 Å². The van der Waals surface area contributed by atoms with Crippen molar-refractivity contribution in [1.82, 2.24) is 9.78 Å². The molecule has 8 heteroatoms. The molecule has 2 aromatic heterocycles. The van der Waals surface area contributed by atoms with Gasteiger partial charge in [0.25, 0.3) is 5.89 Å². The number of nitrogens with zero attached hydrogens (tertiary/aromatic N) is 2. The molecule has 0 bridgehead atoms. The second-order valence-corrected chi connectivity index (χ2v) is 5.75. The van der Waals surface area contributed by atoms with Gasteiger partial charge >= 0.3 is 5.76 Å². The summed E-state index contributed by atoms with van der Waals surface area (Å²) in [4.78, 5) is 25.0. The second-order valence-electron chi connectivity index (χ2n) is 4.80. The monoisotopic (exact) mass is 346 g/mol. The first-order valence-electron chi connectivity index (χ1n) is 6.99. The molecule has 0 radical (unpaired) electrons. The van der Waals surface area contributed by atoms with Gasteiger partial charge in [-0.25, -0.2) is 4.79 Å². The summed E-state index contributed by atoms with van der Waals surface area (Å²) in [5.41, 5.74) is 0.389. The number of carbonyl (C=O) groups excluding carboxylic acids is 1. The number of rotatable bonds is 6. The van der Waals surface area contributed by atoms with Gasteiger partial charge in [-0.3, -0.25) is 4.79 Å². The lowest BCUT2D eigenvalue weighted by molar-refractivity contribution is 0.0964. The fraction of sp³-hybridized carbons (Fsp3) is 0.188. The predicted octanol–water partition coefficient (Wildman–Crippen LogP) is 2.46.